The number of para-hydroxylation sites is 2. The normalized spacial score (nSPS) is 9.95. The van der Waals surface area contributed by atoms with Crippen molar-refractivity contribution < 1.29 is 18.9 Å². The highest BCUT2D eigenvalue weighted by atomic mass is 16.5. The highest BCUT2D eigenvalue weighted by molar-refractivity contribution is 5.58. The molecule has 2 aromatic carbocycles. The molecule has 0 spiro atoms. The molecule has 2 N–H and O–H groups in total. The highest BCUT2D eigenvalue weighted by Gasteiger charge is 2.14. The molecule has 0 unspecified atom stereocenters. The second-order valence-corrected chi connectivity index (χ2v) is 4.00. The number of hydrogen-bond donors (Lipinski definition) is 1. The van der Waals surface area contributed by atoms with E-state index in [0.717, 1.165) is 0 Å². The monoisotopic (exact) mass is 275 g/mol. The van der Waals surface area contributed by atoms with E-state index in [1.165, 1.54) is 0 Å². The standard InChI is InChI=1S/C15H17NO4/c1-17-13-8-10(9-14(18-2)15(13)19-3)20-12-7-5-4-6-11(12)16/h4-9H,16H2,1-3H3. The Balaban J connectivity index is 2.40. The molecule has 0 aliphatic carbocycles. The van der Waals surface area contributed by atoms with Gasteiger partial charge in [0.2, 0.25) is 5.75 Å². The third-order valence-electron chi connectivity index (χ3n) is 2.79. The number of methoxy groups -OCH3 is 3. The molecule has 5 nitrogen and oxygen atoms in total. The molecule has 0 aliphatic rings. The summed E-state index contributed by atoms with van der Waals surface area (Å²) in [5, 5.41) is 0. The molecule has 0 bridgehead atoms. The Bertz CT molecular complexity index is 573. The summed E-state index contributed by atoms with van der Waals surface area (Å²) in [5.74, 6) is 2.69. The van der Waals surface area contributed by atoms with Gasteiger partial charge in [0, 0.05) is 12.1 Å². The van der Waals surface area contributed by atoms with Crippen LogP contribution >= 0.6 is 0 Å². The van der Waals surface area contributed by atoms with Gasteiger partial charge in [-0.15, -0.1) is 0 Å². The Hall–Kier alpha value is -2.56. The van der Waals surface area contributed by atoms with Crippen LogP contribution in [0.4, 0.5) is 5.69 Å². The Morgan fingerprint density at radius 3 is 1.90 bits per heavy atom. The van der Waals surface area contributed by atoms with Crippen LogP contribution < -0.4 is 24.7 Å². The number of hydrogen-bond acceptors (Lipinski definition) is 5. The summed E-state index contributed by atoms with van der Waals surface area (Å²) in [6.45, 7) is 0. The fourth-order valence-electron chi connectivity index (χ4n) is 1.82. The third kappa shape index (κ3) is 2.71. The fraction of sp³-hybridized carbons (Fsp3) is 0.200. The van der Waals surface area contributed by atoms with Crippen LogP contribution in [-0.4, -0.2) is 21.3 Å². The summed E-state index contributed by atoms with van der Waals surface area (Å²) in [6, 6.07) is 10.7. The molecule has 0 fully saturated rings. The van der Waals surface area contributed by atoms with Crippen molar-refractivity contribution in [3.8, 4) is 28.7 Å². The lowest BCUT2D eigenvalue weighted by Crippen LogP contribution is -1.97. The first-order valence-corrected chi connectivity index (χ1v) is 6.02. The van der Waals surface area contributed by atoms with E-state index < -0.39 is 0 Å². The van der Waals surface area contributed by atoms with Gasteiger partial charge in [-0.05, 0) is 12.1 Å². The topological polar surface area (TPSA) is 62.9 Å². The lowest BCUT2D eigenvalue weighted by molar-refractivity contribution is 0.321. The SMILES string of the molecule is COc1cc(Oc2ccccc2N)cc(OC)c1OC. The molecule has 0 saturated carbocycles. The van der Waals surface area contributed by atoms with Crippen molar-refractivity contribution in [1.29, 1.82) is 0 Å². The van der Waals surface area contributed by atoms with Crippen LogP contribution in [0.3, 0.4) is 0 Å². The zero-order valence-corrected chi connectivity index (χ0v) is 11.7. The predicted octanol–water partition coefficient (Wildman–Crippen LogP) is 3.09. The summed E-state index contributed by atoms with van der Waals surface area (Å²) in [7, 11) is 4.66. The van der Waals surface area contributed by atoms with Crippen LogP contribution in [0, 0.1) is 0 Å². The zero-order chi connectivity index (χ0) is 14.5. The Labute approximate surface area is 117 Å². The minimum atomic E-state index is 0.517. The molecule has 0 saturated heterocycles. The van der Waals surface area contributed by atoms with Gasteiger partial charge < -0.3 is 24.7 Å². The van der Waals surface area contributed by atoms with Crippen LogP contribution in [-0.2, 0) is 0 Å². The van der Waals surface area contributed by atoms with Crippen LogP contribution in [0.25, 0.3) is 0 Å². The van der Waals surface area contributed by atoms with Crippen molar-refractivity contribution in [2.24, 2.45) is 0 Å². The summed E-state index contributed by atoms with van der Waals surface area (Å²) >= 11 is 0. The van der Waals surface area contributed by atoms with E-state index in [-0.39, 0.29) is 0 Å². The molecule has 2 rings (SSSR count). The van der Waals surface area contributed by atoms with E-state index in [4.69, 9.17) is 24.7 Å². The molecule has 5 heteroatoms. The van der Waals surface area contributed by atoms with Gasteiger partial charge in [0.15, 0.2) is 11.5 Å². The van der Waals surface area contributed by atoms with Crippen molar-refractivity contribution in [2.75, 3.05) is 27.1 Å². The van der Waals surface area contributed by atoms with Gasteiger partial charge in [-0.25, -0.2) is 0 Å². The molecule has 106 valence electrons. The van der Waals surface area contributed by atoms with E-state index in [2.05, 4.69) is 0 Å². The molecule has 2 aromatic rings. The molecular weight excluding hydrogens is 258 g/mol. The number of benzene rings is 2. The number of anilines is 1. The molecule has 0 atom stereocenters. The van der Waals surface area contributed by atoms with Crippen molar-refractivity contribution >= 4 is 5.69 Å². The largest absolute Gasteiger partial charge is 0.493 e. The van der Waals surface area contributed by atoms with Gasteiger partial charge in [0.25, 0.3) is 0 Å². The first-order valence-electron chi connectivity index (χ1n) is 6.02. The Morgan fingerprint density at radius 2 is 1.40 bits per heavy atom. The first kappa shape index (κ1) is 13.9. The van der Waals surface area contributed by atoms with Gasteiger partial charge in [-0.2, -0.15) is 0 Å². The third-order valence-corrected chi connectivity index (χ3v) is 2.79. The maximum absolute atomic E-state index is 5.85. The molecule has 0 aliphatic heterocycles. The summed E-state index contributed by atoms with van der Waals surface area (Å²) in [4.78, 5) is 0. The minimum absolute atomic E-state index is 0.517. The van der Waals surface area contributed by atoms with Gasteiger partial charge >= 0.3 is 0 Å². The van der Waals surface area contributed by atoms with Crippen molar-refractivity contribution in [2.45, 2.75) is 0 Å². The smallest absolute Gasteiger partial charge is 0.203 e. The lowest BCUT2D eigenvalue weighted by Gasteiger charge is -2.15. The van der Waals surface area contributed by atoms with Crippen LogP contribution in [0.2, 0.25) is 0 Å². The highest BCUT2D eigenvalue weighted by Crippen LogP contribution is 2.42. The van der Waals surface area contributed by atoms with Crippen LogP contribution in [0.1, 0.15) is 0 Å². The van der Waals surface area contributed by atoms with E-state index in [9.17, 15) is 0 Å². The van der Waals surface area contributed by atoms with Gasteiger partial charge in [-0.3, -0.25) is 0 Å². The van der Waals surface area contributed by atoms with Crippen LogP contribution in [0.5, 0.6) is 28.7 Å². The molecule has 20 heavy (non-hydrogen) atoms. The quantitative estimate of drug-likeness (QED) is 0.849. The lowest BCUT2D eigenvalue weighted by atomic mass is 10.2. The number of nitrogen functional groups attached to an aromatic ring is 1. The van der Waals surface area contributed by atoms with E-state index in [0.29, 0.717) is 34.4 Å². The molecular formula is C15H17NO4. The maximum Gasteiger partial charge on any atom is 0.203 e. The van der Waals surface area contributed by atoms with E-state index >= 15 is 0 Å². The molecule has 0 amide bonds. The van der Waals surface area contributed by atoms with Crippen molar-refractivity contribution in [3.05, 3.63) is 36.4 Å². The fourth-order valence-corrected chi connectivity index (χ4v) is 1.82. The van der Waals surface area contributed by atoms with Gasteiger partial charge in [-0.1, -0.05) is 12.1 Å². The Kier molecular flexibility index (Phi) is 4.20. The van der Waals surface area contributed by atoms with E-state index in [1.807, 2.05) is 12.1 Å². The first-order chi connectivity index (χ1) is 9.69. The average molecular weight is 275 g/mol. The van der Waals surface area contributed by atoms with Crippen LogP contribution in [0.15, 0.2) is 36.4 Å². The second-order valence-electron chi connectivity index (χ2n) is 4.00. The van der Waals surface area contributed by atoms with Gasteiger partial charge in [0.1, 0.15) is 11.5 Å². The zero-order valence-electron chi connectivity index (χ0n) is 11.7. The summed E-state index contributed by atoms with van der Waals surface area (Å²) < 4.78 is 21.6. The summed E-state index contributed by atoms with van der Waals surface area (Å²) in [5.41, 5.74) is 6.41. The number of rotatable bonds is 5. The predicted molar refractivity (Wildman–Crippen MR) is 77.0 cm³/mol. The molecule has 0 heterocycles. The molecule has 0 radical (unpaired) electrons. The second kappa shape index (κ2) is 6.06. The number of nitrogens with two attached hydrogens (primary N) is 1. The number of ether oxygens (including phenoxy) is 4. The van der Waals surface area contributed by atoms with Crippen molar-refractivity contribution in [3.63, 3.8) is 0 Å². The van der Waals surface area contributed by atoms with Gasteiger partial charge in [0.05, 0.1) is 27.0 Å². The Morgan fingerprint density at radius 1 is 0.800 bits per heavy atom. The maximum atomic E-state index is 5.85. The van der Waals surface area contributed by atoms with Crippen molar-refractivity contribution in [1.82, 2.24) is 0 Å². The summed E-state index contributed by atoms with van der Waals surface area (Å²) in [6.07, 6.45) is 0. The van der Waals surface area contributed by atoms with E-state index in [1.54, 1.807) is 45.6 Å². The molecule has 0 aromatic heterocycles. The average Bonchev–Trinajstić information content (AvgIpc) is 2.48. The minimum Gasteiger partial charge on any atom is -0.493 e.